The lowest BCUT2D eigenvalue weighted by molar-refractivity contribution is 0.416. The van der Waals surface area contributed by atoms with Crippen molar-refractivity contribution >= 4 is 16.5 Å². The van der Waals surface area contributed by atoms with Crippen LogP contribution >= 0.6 is 11.3 Å². The van der Waals surface area contributed by atoms with Crippen molar-refractivity contribution in [2.45, 2.75) is 0 Å². The highest BCUT2D eigenvalue weighted by atomic mass is 32.1. The molecule has 6 heteroatoms. The van der Waals surface area contributed by atoms with E-state index >= 15 is 0 Å². The Kier molecular flexibility index (Phi) is 3.53. The highest BCUT2D eigenvalue weighted by Crippen LogP contribution is 2.41. The van der Waals surface area contributed by atoms with Gasteiger partial charge < -0.3 is 10.5 Å². The van der Waals surface area contributed by atoms with E-state index in [1.54, 1.807) is 13.2 Å². The molecule has 0 saturated heterocycles. The highest BCUT2D eigenvalue weighted by Gasteiger charge is 2.17. The van der Waals surface area contributed by atoms with Gasteiger partial charge in [0.1, 0.15) is 5.75 Å². The molecule has 0 bridgehead atoms. The fraction of sp³-hybridized carbons (Fsp3) is 0.0667. The number of hydrogen-bond acceptors (Lipinski definition) is 5. The summed E-state index contributed by atoms with van der Waals surface area (Å²) in [6.45, 7) is 0. The fourth-order valence-corrected chi connectivity index (χ4v) is 2.94. The van der Waals surface area contributed by atoms with Gasteiger partial charge in [0, 0.05) is 23.4 Å². The van der Waals surface area contributed by atoms with Crippen LogP contribution < -0.4 is 10.5 Å². The SMILES string of the molecule is COc1ccccc1-c1nc(N)sc1-c1ccnc(F)c1. The number of methoxy groups -OCH3 is 1. The molecule has 0 amide bonds. The number of nitrogens with zero attached hydrogens (tertiary/aromatic N) is 2. The quantitative estimate of drug-likeness (QED) is 0.751. The maximum Gasteiger partial charge on any atom is 0.213 e. The van der Waals surface area contributed by atoms with E-state index in [2.05, 4.69) is 9.97 Å². The lowest BCUT2D eigenvalue weighted by Gasteiger charge is -2.08. The Balaban J connectivity index is 2.21. The van der Waals surface area contributed by atoms with Crippen molar-refractivity contribution in [2.75, 3.05) is 12.8 Å². The first-order valence-corrected chi connectivity index (χ1v) is 7.02. The third-order valence-electron chi connectivity index (χ3n) is 2.99. The first kappa shape index (κ1) is 13.5. The molecule has 2 N–H and O–H groups in total. The van der Waals surface area contributed by atoms with Crippen molar-refractivity contribution in [3.63, 3.8) is 0 Å². The molecule has 0 aliphatic heterocycles. The molecule has 106 valence electrons. The van der Waals surface area contributed by atoms with Crippen LogP contribution in [0.1, 0.15) is 0 Å². The van der Waals surface area contributed by atoms with Crippen molar-refractivity contribution in [1.82, 2.24) is 9.97 Å². The zero-order chi connectivity index (χ0) is 14.8. The normalized spacial score (nSPS) is 10.6. The monoisotopic (exact) mass is 301 g/mol. The number of benzene rings is 1. The first-order chi connectivity index (χ1) is 10.2. The van der Waals surface area contributed by atoms with Gasteiger partial charge in [0.25, 0.3) is 0 Å². The molecule has 21 heavy (non-hydrogen) atoms. The summed E-state index contributed by atoms with van der Waals surface area (Å²) in [5.41, 5.74) is 8.03. The van der Waals surface area contributed by atoms with Crippen LogP contribution in [-0.2, 0) is 0 Å². The number of rotatable bonds is 3. The van der Waals surface area contributed by atoms with Gasteiger partial charge in [0.15, 0.2) is 5.13 Å². The Bertz CT molecular complexity index is 788. The van der Waals surface area contributed by atoms with E-state index in [4.69, 9.17) is 10.5 Å². The average Bonchev–Trinajstić information content (AvgIpc) is 2.89. The van der Waals surface area contributed by atoms with E-state index in [1.165, 1.54) is 23.6 Å². The summed E-state index contributed by atoms with van der Waals surface area (Å²) >= 11 is 1.31. The van der Waals surface area contributed by atoms with Crippen LogP contribution in [0.2, 0.25) is 0 Å². The summed E-state index contributed by atoms with van der Waals surface area (Å²) in [4.78, 5) is 8.73. The molecule has 0 unspecified atom stereocenters. The Morgan fingerprint density at radius 2 is 2.05 bits per heavy atom. The fourth-order valence-electron chi connectivity index (χ4n) is 2.10. The molecule has 2 heterocycles. The molecule has 1 aromatic carbocycles. The second-order valence-corrected chi connectivity index (χ2v) is 5.33. The number of anilines is 1. The predicted molar refractivity (Wildman–Crippen MR) is 81.7 cm³/mol. The zero-order valence-electron chi connectivity index (χ0n) is 11.2. The van der Waals surface area contributed by atoms with Crippen LogP contribution in [0.15, 0.2) is 42.6 Å². The van der Waals surface area contributed by atoms with Crippen molar-refractivity contribution in [3.8, 4) is 27.4 Å². The van der Waals surface area contributed by atoms with Gasteiger partial charge in [-0.25, -0.2) is 9.97 Å². The lowest BCUT2D eigenvalue weighted by atomic mass is 10.1. The van der Waals surface area contributed by atoms with Crippen molar-refractivity contribution < 1.29 is 9.13 Å². The minimum Gasteiger partial charge on any atom is -0.496 e. The number of nitrogen functional groups attached to an aromatic ring is 1. The van der Waals surface area contributed by atoms with Gasteiger partial charge in [-0.05, 0) is 18.2 Å². The Morgan fingerprint density at radius 3 is 2.81 bits per heavy atom. The maximum atomic E-state index is 13.4. The number of thiazole rings is 1. The van der Waals surface area contributed by atoms with Crippen LogP contribution in [0.25, 0.3) is 21.7 Å². The average molecular weight is 301 g/mol. The highest BCUT2D eigenvalue weighted by molar-refractivity contribution is 7.19. The lowest BCUT2D eigenvalue weighted by Crippen LogP contribution is -1.90. The first-order valence-electron chi connectivity index (χ1n) is 6.20. The summed E-state index contributed by atoms with van der Waals surface area (Å²) in [6, 6.07) is 10.6. The minimum atomic E-state index is -0.537. The number of halogens is 1. The van der Waals surface area contributed by atoms with Gasteiger partial charge in [-0.2, -0.15) is 4.39 Å². The number of ether oxygens (including phenoxy) is 1. The topological polar surface area (TPSA) is 61.0 Å². The minimum absolute atomic E-state index is 0.420. The summed E-state index contributed by atoms with van der Waals surface area (Å²) in [7, 11) is 1.60. The Hall–Kier alpha value is -2.47. The molecular formula is C15H12FN3OS. The largest absolute Gasteiger partial charge is 0.496 e. The van der Waals surface area contributed by atoms with E-state index in [0.717, 1.165) is 10.4 Å². The van der Waals surface area contributed by atoms with Crippen LogP contribution in [0.4, 0.5) is 9.52 Å². The van der Waals surface area contributed by atoms with Gasteiger partial charge >= 0.3 is 0 Å². The van der Waals surface area contributed by atoms with Crippen LogP contribution in [0.5, 0.6) is 5.75 Å². The molecule has 3 aromatic rings. The molecule has 2 aromatic heterocycles. The standard InChI is InChI=1S/C15H12FN3OS/c1-20-11-5-3-2-4-10(11)13-14(21-15(17)19-13)9-6-7-18-12(16)8-9/h2-8H,1H3,(H2,17,19). The third kappa shape index (κ3) is 2.57. The maximum absolute atomic E-state index is 13.4. The second-order valence-electron chi connectivity index (χ2n) is 4.30. The summed E-state index contributed by atoms with van der Waals surface area (Å²) in [6.07, 6.45) is 1.42. The van der Waals surface area contributed by atoms with Gasteiger partial charge in [-0.1, -0.05) is 23.5 Å². The molecule has 3 rings (SSSR count). The number of pyridine rings is 1. The van der Waals surface area contributed by atoms with Gasteiger partial charge in [-0.15, -0.1) is 0 Å². The molecule has 0 atom stereocenters. The predicted octanol–water partition coefficient (Wildman–Crippen LogP) is 3.60. The van der Waals surface area contributed by atoms with Crippen molar-refractivity contribution in [3.05, 3.63) is 48.5 Å². The van der Waals surface area contributed by atoms with E-state index in [0.29, 0.717) is 22.1 Å². The molecule has 0 radical (unpaired) electrons. The molecule has 0 aliphatic carbocycles. The van der Waals surface area contributed by atoms with Crippen molar-refractivity contribution in [2.24, 2.45) is 0 Å². The van der Waals surface area contributed by atoms with Gasteiger partial charge in [0.05, 0.1) is 17.7 Å². The number of nitrogens with two attached hydrogens (primary N) is 1. The van der Waals surface area contributed by atoms with Gasteiger partial charge in [-0.3, -0.25) is 0 Å². The van der Waals surface area contributed by atoms with Crippen molar-refractivity contribution in [1.29, 1.82) is 0 Å². The Labute approximate surface area is 125 Å². The number of para-hydroxylation sites is 1. The van der Waals surface area contributed by atoms with Crippen LogP contribution in [0, 0.1) is 5.95 Å². The molecule has 0 spiro atoms. The molecule has 0 aliphatic rings. The van der Waals surface area contributed by atoms with E-state index in [1.807, 2.05) is 24.3 Å². The Morgan fingerprint density at radius 1 is 1.24 bits per heavy atom. The smallest absolute Gasteiger partial charge is 0.213 e. The van der Waals surface area contributed by atoms with E-state index in [-0.39, 0.29) is 0 Å². The number of hydrogen-bond donors (Lipinski definition) is 1. The summed E-state index contributed by atoms with van der Waals surface area (Å²) in [5, 5.41) is 0.420. The van der Waals surface area contributed by atoms with Crippen LogP contribution in [-0.4, -0.2) is 17.1 Å². The summed E-state index contributed by atoms with van der Waals surface area (Å²) in [5.74, 6) is 0.157. The van der Waals surface area contributed by atoms with E-state index in [9.17, 15) is 4.39 Å². The number of aromatic nitrogens is 2. The van der Waals surface area contributed by atoms with E-state index < -0.39 is 5.95 Å². The zero-order valence-corrected chi connectivity index (χ0v) is 12.0. The summed E-state index contributed by atoms with van der Waals surface area (Å²) < 4.78 is 18.7. The second kappa shape index (κ2) is 5.49. The molecule has 4 nitrogen and oxygen atoms in total. The third-order valence-corrected chi connectivity index (χ3v) is 3.93. The van der Waals surface area contributed by atoms with Crippen LogP contribution in [0.3, 0.4) is 0 Å². The van der Waals surface area contributed by atoms with Gasteiger partial charge in [0.2, 0.25) is 5.95 Å². The molecule has 0 fully saturated rings. The molecular weight excluding hydrogens is 289 g/mol. The molecule has 0 saturated carbocycles.